The largest absolute Gasteiger partial charge is 0.349 e. The number of aromatic amines is 1. The lowest BCUT2D eigenvalue weighted by Crippen LogP contribution is -2.13. The van der Waals surface area contributed by atoms with Gasteiger partial charge in [0, 0.05) is 27.6 Å². The zero-order valence-electron chi connectivity index (χ0n) is 12.0. The number of rotatable bonds is 1. The summed E-state index contributed by atoms with van der Waals surface area (Å²) >= 11 is 14.2. The van der Waals surface area contributed by atoms with Gasteiger partial charge in [-0.15, -0.1) is 37.9 Å². The summed E-state index contributed by atoms with van der Waals surface area (Å²) in [6, 6.07) is 0. The van der Waals surface area contributed by atoms with E-state index in [2.05, 4.69) is 43.4 Å². The van der Waals surface area contributed by atoms with Gasteiger partial charge in [0.2, 0.25) is 0 Å². The predicted octanol–water partition coefficient (Wildman–Crippen LogP) is 4.07. The van der Waals surface area contributed by atoms with Gasteiger partial charge in [0.25, 0.3) is 0 Å². The van der Waals surface area contributed by atoms with E-state index in [1.807, 2.05) is 0 Å². The molecule has 1 atom stereocenters. The molecule has 1 fully saturated rings. The fourth-order valence-corrected chi connectivity index (χ4v) is 4.36. The minimum atomic E-state index is 0.530. The number of thiol groups is 3. The number of fused-ring (bicyclic) bond motifs is 1. The maximum atomic E-state index is 4.78. The number of likely N-dealkylation sites (N-methyl/N-ethyl adjacent to an activating group) is 1. The van der Waals surface area contributed by atoms with Crippen molar-refractivity contribution in [1.29, 1.82) is 0 Å². The summed E-state index contributed by atoms with van der Waals surface area (Å²) in [6.45, 7) is 6.44. The van der Waals surface area contributed by atoms with E-state index in [1.165, 1.54) is 28.5 Å². The molecule has 0 radical (unpaired) electrons. The molecule has 5 heteroatoms. The molecule has 0 aliphatic carbocycles. The van der Waals surface area contributed by atoms with Crippen LogP contribution in [0.25, 0.3) is 10.9 Å². The van der Waals surface area contributed by atoms with Gasteiger partial charge in [0.15, 0.2) is 0 Å². The standard InChI is InChI=1S/C15H20N2S3/c1-7-8(2)14(19)12-11(13(7)18)10(15(20)16-12)9-4-5-17(3)6-9/h9,16,18-20H,4-6H2,1-3H3. The Balaban J connectivity index is 2.30. The monoisotopic (exact) mass is 324 g/mol. The number of hydrogen-bond acceptors (Lipinski definition) is 4. The molecule has 1 aromatic heterocycles. The molecule has 20 heavy (non-hydrogen) atoms. The second kappa shape index (κ2) is 5.20. The quantitative estimate of drug-likeness (QED) is 0.583. The van der Waals surface area contributed by atoms with E-state index in [0.717, 1.165) is 33.4 Å². The molecule has 0 bridgehead atoms. The third-order valence-corrected chi connectivity index (χ3v) is 6.03. The Kier molecular flexibility index (Phi) is 3.82. The highest BCUT2D eigenvalue weighted by Gasteiger charge is 2.28. The van der Waals surface area contributed by atoms with Gasteiger partial charge in [-0.3, -0.25) is 0 Å². The average molecular weight is 325 g/mol. The van der Waals surface area contributed by atoms with Crippen molar-refractivity contribution in [2.45, 2.75) is 41.0 Å². The Morgan fingerprint density at radius 2 is 1.75 bits per heavy atom. The Bertz CT molecular complexity index is 690. The Labute approximate surface area is 136 Å². The molecule has 1 aliphatic heterocycles. The van der Waals surface area contributed by atoms with Gasteiger partial charge in [-0.05, 0) is 50.6 Å². The summed E-state index contributed by atoms with van der Waals surface area (Å²) in [5.41, 5.74) is 4.80. The lowest BCUT2D eigenvalue weighted by molar-refractivity contribution is 0.411. The van der Waals surface area contributed by atoms with Gasteiger partial charge in [-0.2, -0.15) is 0 Å². The van der Waals surface area contributed by atoms with E-state index in [9.17, 15) is 0 Å². The highest BCUT2D eigenvalue weighted by atomic mass is 32.1. The molecule has 0 spiro atoms. The lowest BCUT2D eigenvalue weighted by Gasteiger charge is -2.14. The van der Waals surface area contributed by atoms with Crippen molar-refractivity contribution < 1.29 is 0 Å². The number of benzene rings is 1. The number of H-pyrrole nitrogens is 1. The number of nitrogens with one attached hydrogen (secondary N) is 1. The summed E-state index contributed by atoms with van der Waals surface area (Å²) in [7, 11) is 2.17. The molecule has 3 rings (SSSR count). The number of hydrogen-bond donors (Lipinski definition) is 4. The van der Waals surface area contributed by atoms with Gasteiger partial charge in [0.1, 0.15) is 0 Å². The van der Waals surface area contributed by atoms with E-state index in [0.29, 0.717) is 5.92 Å². The van der Waals surface area contributed by atoms with Crippen LogP contribution in [0.3, 0.4) is 0 Å². The van der Waals surface area contributed by atoms with E-state index in [4.69, 9.17) is 25.3 Å². The first-order valence-electron chi connectivity index (χ1n) is 6.86. The molecular formula is C15H20N2S3. The van der Waals surface area contributed by atoms with Gasteiger partial charge >= 0.3 is 0 Å². The minimum Gasteiger partial charge on any atom is -0.349 e. The molecule has 1 aliphatic rings. The molecule has 0 saturated carbocycles. The van der Waals surface area contributed by atoms with Gasteiger partial charge in [-0.1, -0.05) is 0 Å². The molecule has 108 valence electrons. The van der Waals surface area contributed by atoms with Crippen molar-refractivity contribution in [3.05, 3.63) is 16.7 Å². The first kappa shape index (κ1) is 14.7. The van der Waals surface area contributed by atoms with Crippen molar-refractivity contribution >= 4 is 48.8 Å². The van der Waals surface area contributed by atoms with Crippen LogP contribution in [0.1, 0.15) is 29.0 Å². The first-order chi connectivity index (χ1) is 9.41. The van der Waals surface area contributed by atoms with Gasteiger partial charge in [-0.25, -0.2) is 0 Å². The third-order valence-electron chi connectivity index (χ3n) is 4.56. The highest BCUT2D eigenvalue weighted by molar-refractivity contribution is 7.81. The molecule has 1 saturated heterocycles. The molecule has 2 heterocycles. The zero-order chi connectivity index (χ0) is 14.6. The predicted molar refractivity (Wildman–Crippen MR) is 94.4 cm³/mol. The van der Waals surface area contributed by atoms with E-state index in [-0.39, 0.29) is 0 Å². The maximum absolute atomic E-state index is 4.78. The molecule has 2 aromatic rings. The SMILES string of the molecule is Cc1c(C)c(S)c2c(C3CCN(C)C3)c(S)[nH]c2c1S. The fraction of sp³-hybridized carbons (Fsp3) is 0.467. The van der Waals surface area contributed by atoms with Crippen LogP contribution < -0.4 is 0 Å². The van der Waals surface area contributed by atoms with Crippen LogP contribution in [-0.2, 0) is 0 Å². The summed E-state index contributed by atoms with van der Waals surface area (Å²) in [5, 5.41) is 2.18. The maximum Gasteiger partial charge on any atom is 0.0738 e. The summed E-state index contributed by atoms with van der Waals surface area (Å²) in [5.74, 6) is 0.530. The highest BCUT2D eigenvalue weighted by Crippen LogP contribution is 2.43. The molecule has 2 nitrogen and oxygen atoms in total. The van der Waals surface area contributed by atoms with Crippen molar-refractivity contribution in [1.82, 2.24) is 9.88 Å². The normalized spacial score (nSPS) is 20.2. The van der Waals surface area contributed by atoms with E-state index in [1.54, 1.807) is 0 Å². The van der Waals surface area contributed by atoms with Crippen molar-refractivity contribution in [3.8, 4) is 0 Å². The Morgan fingerprint density at radius 1 is 1.10 bits per heavy atom. The second-order valence-electron chi connectivity index (χ2n) is 5.83. The average Bonchev–Trinajstić information content (AvgIpc) is 2.97. The third kappa shape index (κ3) is 2.10. The molecular weight excluding hydrogens is 304 g/mol. The number of nitrogens with zero attached hydrogens (tertiary/aromatic N) is 1. The number of aromatic nitrogens is 1. The van der Waals surface area contributed by atoms with Crippen LogP contribution >= 0.6 is 37.9 Å². The van der Waals surface area contributed by atoms with Crippen LogP contribution in [0.5, 0.6) is 0 Å². The van der Waals surface area contributed by atoms with E-state index >= 15 is 0 Å². The summed E-state index contributed by atoms with van der Waals surface area (Å²) in [6.07, 6.45) is 1.18. The van der Waals surface area contributed by atoms with Crippen LogP contribution in [-0.4, -0.2) is 30.0 Å². The number of likely N-dealkylation sites (tertiary alicyclic amines) is 1. The van der Waals surface area contributed by atoms with Gasteiger partial charge in [0.05, 0.1) is 10.5 Å². The van der Waals surface area contributed by atoms with Crippen LogP contribution in [0.4, 0.5) is 0 Å². The first-order valence-corrected chi connectivity index (χ1v) is 8.20. The Hall–Kier alpha value is -0.230. The fourth-order valence-electron chi connectivity index (χ4n) is 3.22. The minimum absolute atomic E-state index is 0.530. The Morgan fingerprint density at radius 3 is 2.35 bits per heavy atom. The van der Waals surface area contributed by atoms with Gasteiger partial charge < -0.3 is 9.88 Å². The van der Waals surface area contributed by atoms with Crippen molar-refractivity contribution in [2.24, 2.45) is 0 Å². The van der Waals surface area contributed by atoms with E-state index < -0.39 is 0 Å². The second-order valence-corrected chi connectivity index (χ2v) is 7.17. The molecule has 1 aromatic carbocycles. The van der Waals surface area contributed by atoms with Crippen LogP contribution in [0, 0.1) is 13.8 Å². The van der Waals surface area contributed by atoms with Crippen LogP contribution in [0.2, 0.25) is 0 Å². The summed E-state index contributed by atoms with van der Waals surface area (Å²) in [4.78, 5) is 7.87. The topological polar surface area (TPSA) is 19.0 Å². The zero-order valence-corrected chi connectivity index (χ0v) is 14.7. The van der Waals surface area contributed by atoms with Crippen molar-refractivity contribution in [3.63, 3.8) is 0 Å². The lowest BCUT2D eigenvalue weighted by atomic mass is 9.95. The van der Waals surface area contributed by atoms with Crippen molar-refractivity contribution in [2.75, 3.05) is 20.1 Å². The molecule has 0 amide bonds. The summed E-state index contributed by atoms with van der Waals surface area (Å²) < 4.78 is 0. The molecule has 1 N–H and O–H groups in total. The smallest absolute Gasteiger partial charge is 0.0738 e. The molecule has 1 unspecified atom stereocenters. The van der Waals surface area contributed by atoms with Crippen LogP contribution in [0.15, 0.2) is 14.8 Å².